The third-order valence-electron chi connectivity index (χ3n) is 3.17. The van der Waals surface area contributed by atoms with Crippen LogP contribution in [0.25, 0.3) is 0 Å². The second kappa shape index (κ2) is 9.11. The lowest BCUT2D eigenvalue weighted by Crippen LogP contribution is -2.23. The van der Waals surface area contributed by atoms with Gasteiger partial charge < -0.3 is 10.1 Å². The highest BCUT2D eigenvalue weighted by molar-refractivity contribution is 5.24. The molecule has 1 aromatic carbocycles. The van der Waals surface area contributed by atoms with Crippen molar-refractivity contribution in [3.05, 3.63) is 35.4 Å². The summed E-state index contributed by atoms with van der Waals surface area (Å²) < 4.78 is 5.57. The first kappa shape index (κ1) is 16.2. The molecular weight excluding hydrogens is 234 g/mol. The molecule has 0 radical (unpaired) electrons. The van der Waals surface area contributed by atoms with Crippen molar-refractivity contribution in [3.63, 3.8) is 0 Å². The van der Waals surface area contributed by atoms with Crippen LogP contribution in [-0.4, -0.2) is 19.8 Å². The third kappa shape index (κ3) is 6.74. The van der Waals surface area contributed by atoms with Gasteiger partial charge in [-0.05, 0) is 30.4 Å². The molecule has 0 bridgehead atoms. The lowest BCUT2D eigenvalue weighted by molar-refractivity contribution is 0.110. The van der Waals surface area contributed by atoms with Gasteiger partial charge in [0.2, 0.25) is 0 Å². The van der Waals surface area contributed by atoms with Crippen molar-refractivity contribution in [1.29, 1.82) is 0 Å². The van der Waals surface area contributed by atoms with Crippen molar-refractivity contribution in [2.75, 3.05) is 19.8 Å². The summed E-state index contributed by atoms with van der Waals surface area (Å²) in [6.45, 7) is 11.3. The zero-order valence-corrected chi connectivity index (χ0v) is 12.9. The normalized spacial score (nSPS) is 12.9. The van der Waals surface area contributed by atoms with E-state index in [1.807, 2.05) is 0 Å². The summed E-state index contributed by atoms with van der Waals surface area (Å²) in [6, 6.07) is 9.34. The van der Waals surface area contributed by atoms with Crippen molar-refractivity contribution in [2.24, 2.45) is 5.92 Å². The minimum absolute atomic E-state index is 0.387. The van der Waals surface area contributed by atoms with Gasteiger partial charge in [-0.15, -0.1) is 0 Å². The highest BCUT2D eigenvalue weighted by Crippen LogP contribution is 2.14. The van der Waals surface area contributed by atoms with Crippen LogP contribution in [0.2, 0.25) is 0 Å². The molecule has 0 aliphatic heterocycles. The highest BCUT2D eigenvalue weighted by atomic mass is 16.5. The Hall–Kier alpha value is -0.860. The Balaban J connectivity index is 2.26. The Labute approximate surface area is 118 Å². The first-order valence-corrected chi connectivity index (χ1v) is 7.53. The van der Waals surface area contributed by atoms with Crippen LogP contribution in [0.3, 0.4) is 0 Å². The fraction of sp³-hybridized carbons (Fsp3) is 0.647. The molecule has 1 rings (SSSR count). The Morgan fingerprint density at radius 1 is 1.11 bits per heavy atom. The van der Waals surface area contributed by atoms with Crippen LogP contribution in [0.4, 0.5) is 0 Å². The van der Waals surface area contributed by atoms with Gasteiger partial charge in [-0.1, -0.05) is 51.5 Å². The Kier molecular flexibility index (Phi) is 7.76. The van der Waals surface area contributed by atoms with Crippen LogP contribution in [-0.2, 0) is 11.2 Å². The van der Waals surface area contributed by atoms with E-state index in [9.17, 15) is 0 Å². The van der Waals surface area contributed by atoms with Gasteiger partial charge in [0, 0.05) is 19.2 Å². The molecule has 108 valence electrons. The van der Waals surface area contributed by atoms with Crippen molar-refractivity contribution in [1.82, 2.24) is 5.32 Å². The van der Waals surface area contributed by atoms with Crippen molar-refractivity contribution < 1.29 is 4.74 Å². The van der Waals surface area contributed by atoms with E-state index in [0.29, 0.717) is 12.0 Å². The summed E-state index contributed by atoms with van der Waals surface area (Å²) in [5.74, 6) is 0.614. The number of ether oxygens (including phenoxy) is 1. The van der Waals surface area contributed by atoms with Crippen LogP contribution >= 0.6 is 0 Å². The molecule has 0 aliphatic rings. The van der Waals surface area contributed by atoms with E-state index in [4.69, 9.17) is 4.74 Å². The SMILES string of the molecule is CCCc1ccc(C(C)NCCOCC(C)C)cc1. The average molecular weight is 263 g/mol. The molecular formula is C17H29NO. The number of hydrogen-bond acceptors (Lipinski definition) is 2. The van der Waals surface area contributed by atoms with Crippen LogP contribution in [0, 0.1) is 5.92 Å². The molecule has 0 amide bonds. The first-order chi connectivity index (χ1) is 9.13. The summed E-state index contributed by atoms with van der Waals surface area (Å²) >= 11 is 0. The molecule has 0 aliphatic carbocycles. The van der Waals surface area contributed by atoms with E-state index < -0.39 is 0 Å². The summed E-state index contributed by atoms with van der Waals surface area (Å²) in [5.41, 5.74) is 2.78. The van der Waals surface area contributed by atoms with Gasteiger partial charge in [0.05, 0.1) is 6.61 Å². The fourth-order valence-electron chi connectivity index (χ4n) is 2.05. The topological polar surface area (TPSA) is 21.3 Å². The lowest BCUT2D eigenvalue weighted by Gasteiger charge is -2.15. The fourth-order valence-corrected chi connectivity index (χ4v) is 2.05. The molecule has 1 unspecified atom stereocenters. The van der Waals surface area contributed by atoms with Crippen molar-refractivity contribution in [3.8, 4) is 0 Å². The molecule has 0 saturated carbocycles. The molecule has 1 aromatic rings. The van der Waals surface area contributed by atoms with Gasteiger partial charge in [0.25, 0.3) is 0 Å². The molecule has 1 N–H and O–H groups in total. The van der Waals surface area contributed by atoms with E-state index in [1.165, 1.54) is 24.0 Å². The smallest absolute Gasteiger partial charge is 0.0591 e. The molecule has 0 aromatic heterocycles. The molecule has 19 heavy (non-hydrogen) atoms. The number of hydrogen-bond donors (Lipinski definition) is 1. The number of rotatable bonds is 9. The standard InChI is InChI=1S/C17H29NO/c1-5-6-16-7-9-17(10-8-16)15(4)18-11-12-19-13-14(2)3/h7-10,14-15,18H,5-6,11-13H2,1-4H3. The monoisotopic (exact) mass is 263 g/mol. The van der Waals surface area contributed by atoms with Crippen LogP contribution in [0.5, 0.6) is 0 Å². The average Bonchev–Trinajstić information content (AvgIpc) is 2.39. The van der Waals surface area contributed by atoms with Gasteiger partial charge in [-0.3, -0.25) is 0 Å². The Bertz CT molecular complexity index is 332. The largest absolute Gasteiger partial charge is 0.380 e. The summed E-state index contributed by atoms with van der Waals surface area (Å²) in [7, 11) is 0. The number of nitrogens with one attached hydrogen (secondary N) is 1. The van der Waals surface area contributed by atoms with Gasteiger partial charge in [0.1, 0.15) is 0 Å². The maximum Gasteiger partial charge on any atom is 0.0591 e. The zero-order chi connectivity index (χ0) is 14.1. The molecule has 0 fully saturated rings. The van der Waals surface area contributed by atoms with Crippen molar-refractivity contribution in [2.45, 2.75) is 46.6 Å². The lowest BCUT2D eigenvalue weighted by atomic mass is 10.0. The van der Waals surface area contributed by atoms with E-state index in [0.717, 1.165) is 19.8 Å². The van der Waals surface area contributed by atoms with Crippen LogP contribution < -0.4 is 5.32 Å². The van der Waals surface area contributed by atoms with E-state index in [2.05, 4.69) is 57.3 Å². The van der Waals surface area contributed by atoms with Gasteiger partial charge in [-0.25, -0.2) is 0 Å². The second-order valence-corrected chi connectivity index (χ2v) is 5.64. The molecule has 2 heteroatoms. The number of aryl methyl sites for hydroxylation is 1. The predicted octanol–water partition coefficient (Wildman–Crippen LogP) is 3.96. The highest BCUT2D eigenvalue weighted by Gasteiger charge is 2.04. The van der Waals surface area contributed by atoms with E-state index >= 15 is 0 Å². The molecule has 2 nitrogen and oxygen atoms in total. The maximum atomic E-state index is 5.57. The van der Waals surface area contributed by atoms with E-state index in [1.54, 1.807) is 0 Å². The van der Waals surface area contributed by atoms with E-state index in [-0.39, 0.29) is 0 Å². The van der Waals surface area contributed by atoms with Gasteiger partial charge in [-0.2, -0.15) is 0 Å². The predicted molar refractivity (Wildman–Crippen MR) is 82.5 cm³/mol. The zero-order valence-electron chi connectivity index (χ0n) is 12.9. The molecule has 1 atom stereocenters. The van der Waals surface area contributed by atoms with Crippen LogP contribution in [0.15, 0.2) is 24.3 Å². The maximum absolute atomic E-state index is 5.57. The minimum Gasteiger partial charge on any atom is -0.380 e. The van der Waals surface area contributed by atoms with Crippen LogP contribution in [0.1, 0.15) is 51.3 Å². The van der Waals surface area contributed by atoms with Crippen molar-refractivity contribution >= 4 is 0 Å². The number of benzene rings is 1. The Morgan fingerprint density at radius 2 is 1.79 bits per heavy atom. The summed E-state index contributed by atoms with van der Waals surface area (Å²) in [5, 5.41) is 3.50. The molecule has 0 spiro atoms. The Morgan fingerprint density at radius 3 is 2.37 bits per heavy atom. The second-order valence-electron chi connectivity index (χ2n) is 5.64. The summed E-state index contributed by atoms with van der Waals surface area (Å²) in [4.78, 5) is 0. The quantitative estimate of drug-likeness (QED) is 0.681. The third-order valence-corrected chi connectivity index (χ3v) is 3.17. The molecule has 0 heterocycles. The van der Waals surface area contributed by atoms with Gasteiger partial charge in [0.15, 0.2) is 0 Å². The minimum atomic E-state index is 0.387. The summed E-state index contributed by atoms with van der Waals surface area (Å²) in [6.07, 6.45) is 2.38. The van der Waals surface area contributed by atoms with Gasteiger partial charge >= 0.3 is 0 Å². The molecule has 0 saturated heterocycles. The first-order valence-electron chi connectivity index (χ1n) is 7.53.